The van der Waals surface area contributed by atoms with Crippen molar-refractivity contribution in [2.24, 2.45) is 0 Å². The third-order valence-corrected chi connectivity index (χ3v) is 3.39. The van der Waals surface area contributed by atoms with Crippen molar-refractivity contribution in [1.82, 2.24) is 0 Å². The van der Waals surface area contributed by atoms with Gasteiger partial charge in [-0.2, -0.15) is 5.26 Å². The fourth-order valence-corrected chi connectivity index (χ4v) is 2.00. The van der Waals surface area contributed by atoms with Crippen molar-refractivity contribution in [2.75, 3.05) is 19.1 Å². The lowest BCUT2D eigenvalue weighted by Gasteiger charge is -2.21. The van der Waals surface area contributed by atoms with Gasteiger partial charge >= 0.3 is 0 Å². The first-order valence-electron chi connectivity index (χ1n) is 4.92. The van der Waals surface area contributed by atoms with Crippen molar-refractivity contribution in [2.45, 2.75) is 20.8 Å². The van der Waals surface area contributed by atoms with Gasteiger partial charge in [0.1, 0.15) is 5.75 Å². The average Bonchev–Trinajstić information content (AvgIpc) is 2.29. The third-order valence-electron chi connectivity index (χ3n) is 2.82. The number of methoxy groups -OCH3 is 1. The van der Waals surface area contributed by atoms with Crippen LogP contribution in [0, 0.1) is 32.2 Å². The number of hydrogen-bond donors (Lipinski definition) is 0. The summed E-state index contributed by atoms with van der Waals surface area (Å²) in [5.74, 6) is 0.712. The monoisotopic (exact) mass is 238 g/mol. The molecule has 0 N–H and O–H groups in total. The van der Waals surface area contributed by atoms with Crippen LogP contribution >= 0.6 is 11.6 Å². The van der Waals surface area contributed by atoms with Gasteiger partial charge in [0.2, 0.25) is 0 Å². The molecule has 0 saturated carbocycles. The normalized spacial score (nSPS) is 9.81. The topological polar surface area (TPSA) is 36.3 Å². The third kappa shape index (κ3) is 1.81. The standard InChI is InChI=1S/C12H15ClN2O/c1-7-8(2)12(16-5)11(15(4)6-14)9(3)10(7)13/h1-5H3. The summed E-state index contributed by atoms with van der Waals surface area (Å²) in [6.45, 7) is 5.78. The highest BCUT2D eigenvalue weighted by Gasteiger charge is 2.19. The van der Waals surface area contributed by atoms with Gasteiger partial charge in [-0.05, 0) is 37.5 Å². The molecule has 0 aliphatic heterocycles. The van der Waals surface area contributed by atoms with E-state index in [1.54, 1.807) is 14.2 Å². The van der Waals surface area contributed by atoms with Gasteiger partial charge in [-0.3, -0.25) is 4.90 Å². The summed E-state index contributed by atoms with van der Waals surface area (Å²) in [5, 5.41) is 9.65. The molecule has 0 spiro atoms. The molecule has 3 nitrogen and oxygen atoms in total. The molecule has 16 heavy (non-hydrogen) atoms. The molecule has 0 aliphatic rings. The summed E-state index contributed by atoms with van der Waals surface area (Å²) >= 11 is 6.23. The van der Waals surface area contributed by atoms with E-state index < -0.39 is 0 Å². The zero-order chi connectivity index (χ0) is 12.5. The highest BCUT2D eigenvalue weighted by atomic mass is 35.5. The molecule has 0 saturated heterocycles. The van der Waals surface area contributed by atoms with E-state index in [2.05, 4.69) is 6.19 Å². The van der Waals surface area contributed by atoms with Crippen LogP contribution < -0.4 is 9.64 Å². The van der Waals surface area contributed by atoms with E-state index in [0.717, 1.165) is 22.4 Å². The van der Waals surface area contributed by atoms with Gasteiger partial charge in [0, 0.05) is 12.1 Å². The molecule has 0 aliphatic carbocycles. The Morgan fingerprint density at radius 2 is 1.75 bits per heavy atom. The van der Waals surface area contributed by atoms with Crippen LogP contribution in [0.4, 0.5) is 5.69 Å². The van der Waals surface area contributed by atoms with E-state index in [0.29, 0.717) is 10.8 Å². The van der Waals surface area contributed by atoms with Crippen molar-refractivity contribution in [3.63, 3.8) is 0 Å². The first kappa shape index (κ1) is 12.7. The minimum absolute atomic E-state index is 0.690. The zero-order valence-corrected chi connectivity index (χ0v) is 10.9. The van der Waals surface area contributed by atoms with Gasteiger partial charge in [-0.25, -0.2) is 0 Å². The molecule has 1 aromatic rings. The Labute approximate surface area is 101 Å². The largest absolute Gasteiger partial charge is 0.494 e. The van der Waals surface area contributed by atoms with Crippen LogP contribution in [-0.4, -0.2) is 14.2 Å². The maximum absolute atomic E-state index is 8.96. The van der Waals surface area contributed by atoms with Gasteiger partial charge in [-0.1, -0.05) is 11.6 Å². The Hall–Kier alpha value is -1.40. The molecule has 0 atom stereocenters. The second-order valence-corrected chi connectivity index (χ2v) is 4.11. The molecule has 1 aromatic carbocycles. The quantitative estimate of drug-likeness (QED) is 0.587. The Balaban J connectivity index is 3.65. The van der Waals surface area contributed by atoms with Crippen LogP contribution in [0.2, 0.25) is 5.02 Å². The molecule has 0 radical (unpaired) electrons. The Morgan fingerprint density at radius 3 is 2.19 bits per heavy atom. The molecule has 0 amide bonds. The van der Waals surface area contributed by atoms with Crippen molar-refractivity contribution in [3.8, 4) is 11.9 Å². The molecule has 0 heterocycles. The van der Waals surface area contributed by atoms with E-state index in [1.165, 1.54) is 4.90 Å². The van der Waals surface area contributed by atoms with Crippen LogP contribution in [0.15, 0.2) is 0 Å². The summed E-state index contributed by atoms with van der Waals surface area (Å²) in [6, 6.07) is 0. The fraction of sp³-hybridized carbons (Fsp3) is 0.417. The summed E-state index contributed by atoms with van der Waals surface area (Å²) in [5.41, 5.74) is 3.56. The van der Waals surface area contributed by atoms with E-state index >= 15 is 0 Å². The van der Waals surface area contributed by atoms with E-state index in [9.17, 15) is 0 Å². The first-order valence-corrected chi connectivity index (χ1v) is 5.30. The lowest BCUT2D eigenvalue weighted by molar-refractivity contribution is 0.412. The maximum Gasteiger partial charge on any atom is 0.184 e. The Kier molecular flexibility index (Phi) is 3.66. The highest BCUT2D eigenvalue weighted by molar-refractivity contribution is 6.32. The van der Waals surface area contributed by atoms with Gasteiger partial charge in [0.15, 0.2) is 6.19 Å². The van der Waals surface area contributed by atoms with Gasteiger partial charge in [0.25, 0.3) is 0 Å². The number of nitriles is 1. The molecule has 0 aromatic heterocycles. The highest BCUT2D eigenvalue weighted by Crippen LogP contribution is 2.41. The maximum atomic E-state index is 8.96. The molecule has 0 bridgehead atoms. The van der Waals surface area contributed by atoms with E-state index in [-0.39, 0.29) is 0 Å². The number of halogens is 1. The molecule has 4 heteroatoms. The van der Waals surface area contributed by atoms with Crippen LogP contribution in [0.1, 0.15) is 16.7 Å². The smallest absolute Gasteiger partial charge is 0.184 e. The van der Waals surface area contributed by atoms with Gasteiger partial charge in [-0.15, -0.1) is 0 Å². The van der Waals surface area contributed by atoms with Crippen molar-refractivity contribution >= 4 is 17.3 Å². The first-order chi connectivity index (χ1) is 7.45. The predicted molar refractivity (Wildman–Crippen MR) is 66.2 cm³/mol. The number of rotatable bonds is 2. The van der Waals surface area contributed by atoms with Gasteiger partial charge < -0.3 is 4.74 Å². The van der Waals surface area contributed by atoms with E-state index in [1.807, 2.05) is 20.8 Å². The lowest BCUT2D eigenvalue weighted by atomic mass is 10.0. The molecule has 0 unspecified atom stereocenters. The summed E-state index contributed by atoms with van der Waals surface area (Å²) in [6.07, 6.45) is 2.07. The molecular formula is C12H15ClN2O. The lowest BCUT2D eigenvalue weighted by Crippen LogP contribution is -2.13. The minimum atomic E-state index is 0.690. The molecule has 86 valence electrons. The van der Waals surface area contributed by atoms with Crippen LogP contribution in [0.25, 0.3) is 0 Å². The fourth-order valence-electron chi connectivity index (χ4n) is 1.77. The van der Waals surface area contributed by atoms with Crippen LogP contribution in [0.3, 0.4) is 0 Å². The van der Waals surface area contributed by atoms with Crippen LogP contribution in [0.5, 0.6) is 5.75 Å². The second-order valence-electron chi connectivity index (χ2n) is 3.73. The Morgan fingerprint density at radius 1 is 1.19 bits per heavy atom. The Bertz CT molecular complexity index is 463. The zero-order valence-electron chi connectivity index (χ0n) is 10.2. The van der Waals surface area contributed by atoms with Crippen LogP contribution in [-0.2, 0) is 0 Å². The van der Waals surface area contributed by atoms with Crippen molar-refractivity contribution < 1.29 is 4.74 Å². The second kappa shape index (κ2) is 4.63. The average molecular weight is 239 g/mol. The van der Waals surface area contributed by atoms with Crippen molar-refractivity contribution in [1.29, 1.82) is 5.26 Å². The number of anilines is 1. The van der Waals surface area contributed by atoms with Crippen molar-refractivity contribution in [3.05, 3.63) is 21.7 Å². The molecule has 0 fully saturated rings. The molecule has 1 rings (SSSR count). The van der Waals surface area contributed by atoms with Gasteiger partial charge in [0.05, 0.1) is 12.8 Å². The SMILES string of the molecule is COc1c(C)c(C)c(Cl)c(C)c1N(C)C#N. The predicted octanol–water partition coefficient (Wildman–Crippen LogP) is 3.19. The number of hydrogen-bond acceptors (Lipinski definition) is 3. The summed E-state index contributed by atoms with van der Waals surface area (Å²) in [7, 11) is 3.29. The molecular weight excluding hydrogens is 224 g/mol. The number of benzene rings is 1. The number of nitrogens with zero attached hydrogens (tertiary/aromatic N) is 2. The van der Waals surface area contributed by atoms with E-state index in [4.69, 9.17) is 21.6 Å². The minimum Gasteiger partial charge on any atom is -0.494 e. The summed E-state index contributed by atoms with van der Waals surface area (Å²) < 4.78 is 5.36. The number of ether oxygens (including phenoxy) is 1. The summed E-state index contributed by atoms with van der Waals surface area (Å²) in [4.78, 5) is 1.46.